The van der Waals surface area contributed by atoms with Gasteiger partial charge in [0, 0.05) is 17.2 Å². The Morgan fingerprint density at radius 2 is 1.34 bits per heavy atom. The maximum Gasteiger partial charge on any atom is 0.239 e. The molecule has 0 bridgehead atoms. The van der Waals surface area contributed by atoms with Crippen LogP contribution in [-0.2, 0) is 9.59 Å². The number of ether oxygens (including phenoxy) is 1. The van der Waals surface area contributed by atoms with E-state index in [0.29, 0.717) is 23.0 Å². The molecule has 4 aromatic rings. The first-order valence-corrected chi connectivity index (χ1v) is 10.9. The van der Waals surface area contributed by atoms with Crippen LogP contribution in [-0.4, -0.2) is 38.2 Å². The molecule has 0 aliphatic rings. The third-order valence-corrected chi connectivity index (χ3v) is 5.45. The normalized spacial score (nSPS) is 10.6. The van der Waals surface area contributed by atoms with Gasteiger partial charge in [-0.25, -0.2) is 15.0 Å². The number of Topliss-reactive ketones (excluding diaryl/α,β-unsaturated/α-hetero) is 1. The average Bonchev–Trinajstić information content (AvgIpc) is 2.87. The highest BCUT2D eigenvalue weighted by atomic mass is 16.5. The van der Waals surface area contributed by atoms with E-state index in [1.807, 2.05) is 62.4 Å². The summed E-state index contributed by atoms with van der Waals surface area (Å²) >= 11 is 0. The number of ketones is 2. The van der Waals surface area contributed by atoms with Crippen molar-refractivity contribution in [3.05, 3.63) is 90.5 Å². The Labute approximate surface area is 202 Å². The molecule has 0 fully saturated rings. The number of aromatic hydroxyl groups is 1. The van der Waals surface area contributed by atoms with Gasteiger partial charge in [-0.2, -0.15) is 0 Å². The molecule has 1 N–H and O–H groups in total. The first-order valence-electron chi connectivity index (χ1n) is 10.9. The molecule has 35 heavy (non-hydrogen) atoms. The molecule has 0 unspecified atom stereocenters. The van der Waals surface area contributed by atoms with Crippen molar-refractivity contribution in [2.45, 2.75) is 13.8 Å². The zero-order chi connectivity index (χ0) is 24.9. The highest BCUT2D eigenvalue weighted by molar-refractivity contribution is 6.42. The van der Waals surface area contributed by atoms with Crippen LogP contribution in [0.25, 0.3) is 34.2 Å². The molecule has 0 saturated carbocycles. The first-order chi connectivity index (χ1) is 16.9. The fourth-order valence-electron chi connectivity index (χ4n) is 3.51. The fourth-order valence-corrected chi connectivity index (χ4v) is 3.51. The number of carbonyl (C=O) groups is 2. The molecule has 0 radical (unpaired) electrons. The lowest BCUT2D eigenvalue weighted by molar-refractivity contribution is -0.135. The van der Waals surface area contributed by atoms with Crippen LogP contribution in [0.4, 0.5) is 0 Å². The molecule has 7 nitrogen and oxygen atoms in total. The van der Waals surface area contributed by atoms with E-state index in [0.717, 1.165) is 28.3 Å². The van der Waals surface area contributed by atoms with E-state index in [1.165, 1.54) is 6.07 Å². The number of carbonyl (C=O) groups excluding carboxylic acids is 2. The van der Waals surface area contributed by atoms with Crippen molar-refractivity contribution in [1.82, 2.24) is 15.0 Å². The van der Waals surface area contributed by atoms with Gasteiger partial charge in [0.15, 0.2) is 24.1 Å². The van der Waals surface area contributed by atoms with Gasteiger partial charge in [0.25, 0.3) is 0 Å². The van der Waals surface area contributed by atoms with Crippen LogP contribution in [0.2, 0.25) is 0 Å². The predicted molar refractivity (Wildman–Crippen MR) is 133 cm³/mol. The summed E-state index contributed by atoms with van der Waals surface area (Å²) < 4.78 is 5.35. The van der Waals surface area contributed by atoms with Crippen LogP contribution in [0.15, 0.2) is 79.4 Å². The SMILES string of the molecule is C=CC(=O)C(=O)COc1ccc(-c2nc(-c3ccccc3C)nc(-c3ccccc3C)n2)c(O)c1. The van der Waals surface area contributed by atoms with E-state index in [1.54, 1.807) is 12.1 Å². The van der Waals surface area contributed by atoms with Crippen LogP contribution in [0.3, 0.4) is 0 Å². The monoisotopic (exact) mass is 465 g/mol. The van der Waals surface area contributed by atoms with Gasteiger partial charge in [-0.3, -0.25) is 9.59 Å². The maximum atomic E-state index is 11.7. The second-order valence-electron chi connectivity index (χ2n) is 7.90. The van der Waals surface area contributed by atoms with Crippen molar-refractivity contribution in [3.63, 3.8) is 0 Å². The Morgan fingerprint density at radius 3 is 1.83 bits per heavy atom. The number of nitrogens with zero attached hydrogens (tertiary/aromatic N) is 3. The molecule has 0 aliphatic carbocycles. The van der Waals surface area contributed by atoms with Crippen molar-refractivity contribution >= 4 is 11.6 Å². The zero-order valence-electron chi connectivity index (χ0n) is 19.4. The van der Waals surface area contributed by atoms with Crippen LogP contribution in [0.5, 0.6) is 11.5 Å². The average molecular weight is 466 g/mol. The van der Waals surface area contributed by atoms with E-state index >= 15 is 0 Å². The van der Waals surface area contributed by atoms with Crippen molar-refractivity contribution < 1.29 is 19.4 Å². The molecule has 0 aliphatic heterocycles. The highest BCUT2D eigenvalue weighted by Crippen LogP contribution is 2.33. The molecule has 174 valence electrons. The Balaban J connectivity index is 1.77. The number of benzene rings is 3. The smallest absolute Gasteiger partial charge is 0.239 e. The fraction of sp³-hybridized carbons (Fsp3) is 0.107. The lowest BCUT2D eigenvalue weighted by Crippen LogP contribution is -2.19. The van der Waals surface area contributed by atoms with E-state index < -0.39 is 18.2 Å². The maximum absolute atomic E-state index is 11.7. The third kappa shape index (κ3) is 5.14. The minimum Gasteiger partial charge on any atom is -0.507 e. The van der Waals surface area contributed by atoms with Crippen molar-refractivity contribution in [2.24, 2.45) is 0 Å². The number of allylic oxidation sites excluding steroid dienone is 1. The van der Waals surface area contributed by atoms with Gasteiger partial charge in [-0.1, -0.05) is 55.1 Å². The van der Waals surface area contributed by atoms with Gasteiger partial charge >= 0.3 is 0 Å². The molecule has 0 saturated heterocycles. The standard InChI is InChI=1S/C28H23N3O4/c1-4-23(32)25(34)16-35-19-13-14-22(24(33)15-19)28-30-26(20-11-7-5-9-17(20)2)29-27(31-28)21-12-8-6-10-18(21)3/h4-15,33H,1,16H2,2-3H3. The molecule has 0 spiro atoms. The molecule has 1 heterocycles. The summed E-state index contributed by atoms with van der Waals surface area (Å²) in [5.74, 6) is -0.112. The van der Waals surface area contributed by atoms with E-state index in [-0.39, 0.29) is 11.5 Å². The van der Waals surface area contributed by atoms with Gasteiger partial charge < -0.3 is 9.84 Å². The molecule has 0 atom stereocenters. The summed E-state index contributed by atoms with van der Waals surface area (Å²) in [6.45, 7) is 6.79. The van der Waals surface area contributed by atoms with E-state index in [2.05, 4.69) is 16.5 Å². The second-order valence-corrected chi connectivity index (χ2v) is 7.90. The number of phenols is 1. The van der Waals surface area contributed by atoms with Crippen molar-refractivity contribution in [3.8, 4) is 45.7 Å². The predicted octanol–water partition coefficient (Wildman–Crippen LogP) is 4.90. The summed E-state index contributed by atoms with van der Waals surface area (Å²) in [5.41, 5.74) is 4.10. The molecule has 4 rings (SSSR count). The van der Waals surface area contributed by atoms with Crippen LogP contribution < -0.4 is 4.74 Å². The highest BCUT2D eigenvalue weighted by Gasteiger charge is 2.17. The number of phenolic OH excluding ortho intramolecular Hbond substituents is 1. The van der Waals surface area contributed by atoms with E-state index in [9.17, 15) is 14.7 Å². The van der Waals surface area contributed by atoms with Gasteiger partial charge in [-0.15, -0.1) is 0 Å². The molecule has 1 aromatic heterocycles. The van der Waals surface area contributed by atoms with Crippen LogP contribution in [0, 0.1) is 13.8 Å². The summed E-state index contributed by atoms with van der Waals surface area (Å²) in [7, 11) is 0. The minimum atomic E-state index is -0.733. The van der Waals surface area contributed by atoms with Crippen LogP contribution >= 0.6 is 0 Å². The molecular weight excluding hydrogens is 442 g/mol. The summed E-state index contributed by atoms with van der Waals surface area (Å²) in [4.78, 5) is 37.1. The topological polar surface area (TPSA) is 102 Å². The molecule has 0 amide bonds. The minimum absolute atomic E-state index is 0.136. The second kappa shape index (κ2) is 10.1. The molecule has 7 heteroatoms. The number of aromatic nitrogens is 3. The first kappa shape index (κ1) is 23.5. The van der Waals surface area contributed by atoms with Gasteiger partial charge in [0.2, 0.25) is 11.6 Å². The number of aryl methyl sites for hydroxylation is 2. The van der Waals surface area contributed by atoms with Crippen LogP contribution in [0.1, 0.15) is 11.1 Å². The molecular formula is C28H23N3O4. The Hall–Kier alpha value is -4.65. The van der Waals surface area contributed by atoms with Crippen molar-refractivity contribution in [1.29, 1.82) is 0 Å². The summed E-state index contributed by atoms with van der Waals surface area (Å²) in [6, 6.07) is 20.1. The zero-order valence-corrected chi connectivity index (χ0v) is 19.4. The van der Waals surface area contributed by atoms with Crippen molar-refractivity contribution in [2.75, 3.05) is 6.61 Å². The van der Waals surface area contributed by atoms with Gasteiger partial charge in [0.05, 0.1) is 5.56 Å². The largest absolute Gasteiger partial charge is 0.507 e. The summed E-state index contributed by atoms with van der Waals surface area (Å²) in [6.07, 6.45) is 0.936. The number of rotatable bonds is 8. The van der Waals surface area contributed by atoms with E-state index in [4.69, 9.17) is 9.72 Å². The van der Waals surface area contributed by atoms with Gasteiger partial charge in [0.1, 0.15) is 11.5 Å². The Morgan fingerprint density at radius 1 is 0.829 bits per heavy atom. The third-order valence-electron chi connectivity index (χ3n) is 5.45. The lowest BCUT2D eigenvalue weighted by atomic mass is 10.1. The Kier molecular flexibility index (Phi) is 6.78. The summed E-state index contributed by atoms with van der Waals surface area (Å²) in [5, 5.41) is 10.7. The Bertz CT molecular complexity index is 1380. The number of hydrogen-bond acceptors (Lipinski definition) is 7. The lowest BCUT2D eigenvalue weighted by Gasteiger charge is -2.12. The number of hydrogen-bond donors (Lipinski definition) is 1. The quantitative estimate of drug-likeness (QED) is 0.292. The van der Waals surface area contributed by atoms with Gasteiger partial charge in [-0.05, 0) is 43.2 Å². The molecule has 3 aromatic carbocycles.